The van der Waals surface area contributed by atoms with Gasteiger partial charge in [-0.2, -0.15) is 0 Å². The van der Waals surface area contributed by atoms with Crippen LogP contribution in [-0.2, 0) is 14.3 Å². The van der Waals surface area contributed by atoms with Gasteiger partial charge in [0.1, 0.15) is 11.4 Å². The number of nitrogens with one attached hydrogen (secondary N) is 2. The molecule has 8 heteroatoms. The van der Waals surface area contributed by atoms with Crippen molar-refractivity contribution in [1.29, 1.82) is 0 Å². The number of nitrogens with zero attached hydrogens (tertiary/aromatic N) is 1. The van der Waals surface area contributed by atoms with Gasteiger partial charge in [0, 0.05) is 18.7 Å². The van der Waals surface area contributed by atoms with Crippen LogP contribution in [0.2, 0.25) is 0 Å². The Morgan fingerprint density at radius 3 is 2.50 bits per heavy atom. The number of hydrogen-bond donors (Lipinski definition) is 2. The SMILES string of the molecule is Cc1cccc(N2CC(C(=O)Nc3cc(F)ccc3NC(=O)OC(C)(C)C)CC2=O)c1C. The van der Waals surface area contributed by atoms with E-state index in [9.17, 15) is 18.8 Å². The van der Waals surface area contributed by atoms with Crippen molar-refractivity contribution in [2.75, 3.05) is 22.1 Å². The van der Waals surface area contributed by atoms with E-state index in [2.05, 4.69) is 10.6 Å². The predicted molar refractivity (Wildman–Crippen MR) is 121 cm³/mol. The first kappa shape index (κ1) is 23.2. The van der Waals surface area contributed by atoms with Crippen molar-refractivity contribution in [2.24, 2.45) is 5.92 Å². The van der Waals surface area contributed by atoms with E-state index >= 15 is 0 Å². The summed E-state index contributed by atoms with van der Waals surface area (Å²) in [5, 5.41) is 5.18. The minimum atomic E-state index is -0.725. The van der Waals surface area contributed by atoms with Gasteiger partial charge in [0.2, 0.25) is 11.8 Å². The number of rotatable bonds is 4. The number of amides is 3. The fraction of sp³-hybridized carbons (Fsp3) is 0.375. The third-order valence-corrected chi connectivity index (χ3v) is 5.24. The highest BCUT2D eigenvalue weighted by molar-refractivity contribution is 6.05. The second-order valence-corrected chi connectivity index (χ2v) is 8.93. The molecule has 1 fully saturated rings. The van der Waals surface area contributed by atoms with E-state index in [0.717, 1.165) is 22.9 Å². The lowest BCUT2D eigenvalue weighted by Crippen LogP contribution is -2.29. The Kier molecular flexibility index (Phi) is 6.52. The molecule has 170 valence electrons. The molecule has 1 saturated heterocycles. The molecule has 1 heterocycles. The summed E-state index contributed by atoms with van der Waals surface area (Å²) in [6.45, 7) is 9.29. The first-order valence-electron chi connectivity index (χ1n) is 10.4. The highest BCUT2D eigenvalue weighted by Gasteiger charge is 2.36. The molecule has 0 saturated carbocycles. The van der Waals surface area contributed by atoms with Gasteiger partial charge < -0.3 is 15.0 Å². The van der Waals surface area contributed by atoms with Crippen molar-refractivity contribution in [1.82, 2.24) is 0 Å². The lowest BCUT2D eigenvalue weighted by molar-refractivity contribution is -0.122. The standard InChI is InChI=1S/C24H28FN3O4/c1-14-7-6-8-20(15(14)2)28-13-16(11-21(28)29)22(30)26-19-12-17(25)9-10-18(19)27-23(31)32-24(3,4)5/h6-10,12,16H,11,13H2,1-5H3,(H,26,30)(H,27,31). The zero-order chi connectivity index (χ0) is 23.6. The summed E-state index contributed by atoms with van der Waals surface area (Å²) >= 11 is 0. The molecule has 1 aliphatic rings. The Morgan fingerprint density at radius 1 is 1.09 bits per heavy atom. The molecule has 0 radical (unpaired) electrons. The van der Waals surface area contributed by atoms with Gasteiger partial charge in [-0.3, -0.25) is 14.9 Å². The van der Waals surface area contributed by atoms with Gasteiger partial charge in [0.05, 0.1) is 17.3 Å². The normalized spacial score (nSPS) is 16.1. The van der Waals surface area contributed by atoms with Gasteiger partial charge in [-0.1, -0.05) is 12.1 Å². The Balaban J connectivity index is 1.75. The molecule has 7 nitrogen and oxygen atoms in total. The van der Waals surface area contributed by atoms with Crippen molar-refractivity contribution in [2.45, 2.75) is 46.6 Å². The number of aryl methyl sites for hydroxylation is 1. The van der Waals surface area contributed by atoms with Crippen molar-refractivity contribution in [3.63, 3.8) is 0 Å². The van der Waals surface area contributed by atoms with Crippen LogP contribution < -0.4 is 15.5 Å². The Labute approximate surface area is 186 Å². The number of ether oxygens (including phenoxy) is 1. The van der Waals surface area contributed by atoms with Crippen molar-refractivity contribution >= 4 is 35.0 Å². The third-order valence-electron chi connectivity index (χ3n) is 5.24. The van der Waals surface area contributed by atoms with E-state index in [4.69, 9.17) is 4.74 Å². The molecular weight excluding hydrogens is 413 g/mol. The first-order valence-corrected chi connectivity index (χ1v) is 10.4. The van der Waals surface area contributed by atoms with Gasteiger partial charge in [-0.15, -0.1) is 0 Å². The number of anilines is 3. The van der Waals surface area contributed by atoms with Crippen LogP contribution in [0.4, 0.5) is 26.2 Å². The van der Waals surface area contributed by atoms with E-state index in [1.54, 1.807) is 25.7 Å². The minimum Gasteiger partial charge on any atom is -0.444 e. The summed E-state index contributed by atoms with van der Waals surface area (Å²) in [4.78, 5) is 39.3. The summed E-state index contributed by atoms with van der Waals surface area (Å²) in [6, 6.07) is 9.33. The summed E-state index contributed by atoms with van der Waals surface area (Å²) < 4.78 is 19.1. The van der Waals surface area contributed by atoms with E-state index < -0.39 is 29.3 Å². The molecular formula is C24H28FN3O4. The quantitative estimate of drug-likeness (QED) is 0.715. The van der Waals surface area contributed by atoms with Gasteiger partial charge in [0.15, 0.2) is 0 Å². The maximum atomic E-state index is 13.9. The smallest absolute Gasteiger partial charge is 0.412 e. The van der Waals surface area contributed by atoms with Crippen LogP contribution in [0.3, 0.4) is 0 Å². The van der Waals surface area contributed by atoms with Crippen LogP contribution in [0.15, 0.2) is 36.4 Å². The molecule has 0 aliphatic carbocycles. The largest absolute Gasteiger partial charge is 0.444 e. The van der Waals surface area contributed by atoms with Crippen LogP contribution in [-0.4, -0.2) is 30.1 Å². The Bertz CT molecular complexity index is 1060. The predicted octanol–water partition coefficient (Wildman–Crippen LogP) is 4.78. The maximum absolute atomic E-state index is 13.9. The third kappa shape index (κ3) is 5.43. The number of hydrogen-bond acceptors (Lipinski definition) is 4. The molecule has 2 aromatic carbocycles. The van der Waals surface area contributed by atoms with E-state index in [1.807, 2.05) is 32.0 Å². The van der Waals surface area contributed by atoms with Crippen LogP contribution in [0.5, 0.6) is 0 Å². The molecule has 3 amide bonds. The van der Waals surface area contributed by atoms with E-state index in [1.165, 1.54) is 12.1 Å². The zero-order valence-electron chi connectivity index (χ0n) is 18.9. The van der Waals surface area contributed by atoms with Crippen molar-refractivity contribution in [3.05, 3.63) is 53.3 Å². The maximum Gasteiger partial charge on any atom is 0.412 e. The fourth-order valence-electron chi connectivity index (χ4n) is 3.52. The summed E-state index contributed by atoms with van der Waals surface area (Å²) in [5.41, 5.74) is 2.40. The van der Waals surface area contributed by atoms with Crippen molar-refractivity contribution in [3.8, 4) is 0 Å². The highest BCUT2D eigenvalue weighted by Crippen LogP contribution is 2.31. The number of benzene rings is 2. The van der Waals surface area contributed by atoms with Gasteiger partial charge in [0.25, 0.3) is 0 Å². The van der Waals surface area contributed by atoms with Crippen molar-refractivity contribution < 1.29 is 23.5 Å². The Hall–Kier alpha value is -3.42. The molecule has 1 aliphatic heterocycles. The lowest BCUT2D eigenvalue weighted by Gasteiger charge is -2.21. The molecule has 1 unspecified atom stereocenters. The van der Waals surface area contributed by atoms with Crippen LogP contribution in [0, 0.1) is 25.6 Å². The second-order valence-electron chi connectivity index (χ2n) is 8.93. The Morgan fingerprint density at radius 2 is 1.81 bits per heavy atom. The number of halogens is 1. The average molecular weight is 442 g/mol. The molecule has 32 heavy (non-hydrogen) atoms. The van der Waals surface area contributed by atoms with E-state index in [0.29, 0.717) is 0 Å². The molecule has 3 rings (SSSR count). The topological polar surface area (TPSA) is 87.7 Å². The minimum absolute atomic E-state index is 0.0450. The van der Waals surface area contributed by atoms with Crippen LogP contribution in [0.25, 0.3) is 0 Å². The first-order chi connectivity index (χ1) is 14.9. The fourth-order valence-corrected chi connectivity index (χ4v) is 3.52. The van der Waals surface area contributed by atoms with Gasteiger partial charge in [-0.05, 0) is 70.0 Å². The summed E-state index contributed by atoms with van der Waals surface area (Å²) in [6.07, 6.45) is -0.680. The molecule has 0 bridgehead atoms. The zero-order valence-corrected chi connectivity index (χ0v) is 18.9. The number of carbonyl (C=O) groups excluding carboxylic acids is 3. The lowest BCUT2D eigenvalue weighted by atomic mass is 10.1. The summed E-state index contributed by atoms with van der Waals surface area (Å²) in [7, 11) is 0. The average Bonchev–Trinajstić information content (AvgIpc) is 3.06. The molecule has 0 spiro atoms. The summed E-state index contributed by atoms with van der Waals surface area (Å²) in [5.74, 6) is -1.76. The molecule has 2 N–H and O–H groups in total. The van der Waals surface area contributed by atoms with Gasteiger partial charge in [-0.25, -0.2) is 9.18 Å². The second kappa shape index (κ2) is 8.98. The molecule has 0 aromatic heterocycles. The monoisotopic (exact) mass is 441 g/mol. The van der Waals surface area contributed by atoms with Gasteiger partial charge >= 0.3 is 6.09 Å². The van der Waals surface area contributed by atoms with Crippen LogP contribution >= 0.6 is 0 Å². The molecule has 1 atom stereocenters. The van der Waals surface area contributed by atoms with Crippen LogP contribution in [0.1, 0.15) is 38.3 Å². The van der Waals surface area contributed by atoms with E-state index in [-0.39, 0.29) is 30.2 Å². The number of carbonyl (C=O) groups is 3. The highest BCUT2D eigenvalue weighted by atomic mass is 19.1. The molecule has 2 aromatic rings.